The zero-order valence-electron chi connectivity index (χ0n) is 12.3. The second kappa shape index (κ2) is 12.2. The molecule has 0 aromatic heterocycles. The molecular formula is C15H28O4. The van der Waals surface area contributed by atoms with Crippen LogP contribution >= 0.6 is 0 Å². The maximum Gasteiger partial charge on any atom is 0.305 e. The number of hydrogen-bond donors (Lipinski definition) is 1. The average molecular weight is 272 g/mol. The van der Waals surface area contributed by atoms with Gasteiger partial charge in [0.25, 0.3) is 0 Å². The van der Waals surface area contributed by atoms with E-state index in [1.54, 1.807) is 0 Å². The lowest BCUT2D eigenvalue weighted by Gasteiger charge is -2.08. The SMILES string of the molecule is CCCC(O)CCCCCCC(=O)CCC(=O)OC. The van der Waals surface area contributed by atoms with Crippen molar-refractivity contribution < 1.29 is 19.4 Å². The molecule has 0 aliphatic heterocycles. The summed E-state index contributed by atoms with van der Waals surface area (Å²) in [6, 6.07) is 0. The molecule has 0 aliphatic rings. The first-order valence-electron chi connectivity index (χ1n) is 7.36. The molecule has 0 heterocycles. The Hall–Kier alpha value is -0.900. The van der Waals surface area contributed by atoms with Gasteiger partial charge in [0.15, 0.2) is 0 Å². The molecule has 4 nitrogen and oxygen atoms in total. The summed E-state index contributed by atoms with van der Waals surface area (Å²) in [6.07, 6.45) is 7.63. The monoisotopic (exact) mass is 272 g/mol. The summed E-state index contributed by atoms with van der Waals surface area (Å²) in [6.45, 7) is 2.07. The fourth-order valence-corrected chi connectivity index (χ4v) is 2.00. The third-order valence-corrected chi connectivity index (χ3v) is 3.20. The number of aliphatic hydroxyl groups is 1. The molecule has 19 heavy (non-hydrogen) atoms. The number of rotatable bonds is 12. The Morgan fingerprint density at radius 3 is 2.32 bits per heavy atom. The first-order valence-corrected chi connectivity index (χ1v) is 7.36. The van der Waals surface area contributed by atoms with E-state index in [9.17, 15) is 14.7 Å². The number of ketones is 1. The average Bonchev–Trinajstić information content (AvgIpc) is 2.40. The van der Waals surface area contributed by atoms with Gasteiger partial charge in [-0.05, 0) is 19.3 Å². The van der Waals surface area contributed by atoms with Crippen LogP contribution < -0.4 is 0 Å². The van der Waals surface area contributed by atoms with Crippen molar-refractivity contribution in [1.82, 2.24) is 0 Å². The minimum absolute atomic E-state index is 0.136. The van der Waals surface area contributed by atoms with Gasteiger partial charge in [0.2, 0.25) is 0 Å². The highest BCUT2D eigenvalue weighted by molar-refractivity contribution is 5.82. The van der Waals surface area contributed by atoms with Crippen LogP contribution in [0.1, 0.15) is 71.1 Å². The maximum atomic E-state index is 11.4. The van der Waals surface area contributed by atoms with Gasteiger partial charge in [-0.25, -0.2) is 0 Å². The van der Waals surface area contributed by atoms with Crippen molar-refractivity contribution in [3.8, 4) is 0 Å². The molecule has 0 saturated heterocycles. The van der Waals surface area contributed by atoms with Crippen LogP contribution in [0.5, 0.6) is 0 Å². The fourth-order valence-electron chi connectivity index (χ4n) is 2.00. The van der Waals surface area contributed by atoms with Crippen LogP contribution in [0.25, 0.3) is 0 Å². The smallest absolute Gasteiger partial charge is 0.305 e. The predicted octanol–water partition coefficient (Wildman–Crippen LogP) is 3.01. The normalized spacial score (nSPS) is 12.2. The molecule has 1 atom stereocenters. The van der Waals surface area contributed by atoms with E-state index in [1.165, 1.54) is 7.11 Å². The fraction of sp³-hybridized carbons (Fsp3) is 0.867. The summed E-state index contributed by atoms with van der Waals surface area (Å²) in [5.74, 6) is -0.185. The molecule has 0 aliphatic carbocycles. The Labute approximate surface area is 116 Å². The molecule has 1 unspecified atom stereocenters. The largest absolute Gasteiger partial charge is 0.469 e. The number of methoxy groups -OCH3 is 1. The highest BCUT2D eigenvalue weighted by Crippen LogP contribution is 2.11. The highest BCUT2D eigenvalue weighted by Gasteiger charge is 2.07. The minimum Gasteiger partial charge on any atom is -0.469 e. The topological polar surface area (TPSA) is 63.6 Å². The van der Waals surface area contributed by atoms with Gasteiger partial charge >= 0.3 is 5.97 Å². The van der Waals surface area contributed by atoms with Gasteiger partial charge in [-0.3, -0.25) is 9.59 Å². The predicted molar refractivity (Wildman–Crippen MR) is 74.9 cm³/mol. The van der Waals surface area contributed by atoms with E-state index in [1.807, 2.05) is 0 Å². The lowest BCUT2D eigenvalue weighted by atomic mass is 10.0. The Kier molecular flexibility index (Phi) is 11.6. The molecule has 4 heteroatoms. The lowest BCUT2D eigenvalue weighted by Crippen LogP contribution is -2.06. The zero-order valence-corrected chi connectivity index (χ0v) is 12.3. The van der Waals surface area contributed by atoms with Crippen molar-refractivity contribution >= 4 is 11.8 Å². The van der Waals surface area contributed by atoms with E-state index >= 15 is 0 Å². The molecule has 0 rings (SSSR count). The third kappa shape index (κ3) is 11.9. The summed E-state index contributed by atoms with van der Waals surface area (Å²) >= 11 is 0. The van der Waals surface area contributed by atoms with Crippen molar-refractivity contribution in [2.75, 3.05) is 7.11 Å². The second-order valence-corrected chi connectivity index (χ2v) is 5.01. The van der Waals surface area contributed by atoms with Crippen LogP contribution in [0.15, 0.2) is 0 Å². The van der Waals surface area contributed by atoms with Gasteiger partial charge in [-0.15, -0.1) is 0 Å². The molecule has 0 amide bonds. The summed E-state index contributed by atoms with van der Waals surface area (Å²) in [4.78, 5) is 22.3. The number of esters is 1. The molecular weight excluding hydrogens is 244 g/mol. The number of hydrogen-bond acceptors (Lipinski definition) is 4. The molecule has 0 aromatic rings. The molecule has 0 radical (unpaired) electrons. The number of Topliss-reactive ketones (excluding diaryl/α,β-unsaturated/α-hetero) is 1. The number of carbonyl (C=O) groups is 2. The van der Waals surface area contributed by atoms with Gasteiger partial charge in [-0.1, -0.05) is 32.6 Å². The Bertz CT molecular complexity index is 251. The van der Waals surface area contributed by atoms with E-state index in [2.05, 4.69) is 11.7 Å². The lowest BCUT2D eigenvalue weighted by molar-refractivity contribution is -0.141. The van der Waals surface area contributed by atoms with Gasteiger partial charge in [0.1, 0.15) is 5.78 Å². The molecule has 0 aromatic carbocycles. The number of aliphatic hydroxyl groups excluding tert-OH is 1. The third-order valence-electron chi connectivity index (χ3n) is 3.20. The standard InChI is InChI=1S/C15H28O4/c1-3-8-13(16)9-6-4-5-7-10-14(17)11-12-15(18)19-2/h13,16H,3-12H2,1-2H3. The van der Waals surface area contributed by atoms with E-state index < -0.39 is 0 Å². The Balaban J connectivity index is 3.34. The highest BCUT2D eigenvalue weighted by atomic mass is 16.5. The van der Waals surface area contributed by atoms with Gasteiger partial charge in [-0.2, -0.15) is 0 Å². The van der Waals surface area contributed by atoms with Crippen LogP contribution in [-0.2, 0) is 14.3 Å². The van der Waals surface area contributed by atoms with Crippen molar-refractivity contribution in [1.29, 1.82) is 0 Å². The van der Waals surface area contributed by atoms with Crippen LogP contribution in [0.2, 0.25) is 0 Å². The summed E-state index contributed by atoms with van der Waals surface area (Å²) < 4.78 is 4.49. The number of unbranched alkanes of at least 4 members (excludes halogenated alkanes) is 3. The summed E-state index contributed by atoms with van der Waals surface area (Å²) in [7, 11) is 1.33. The maximum absolute atomic E-state index is 11.4. The van der Waals surface area contributed by atoms with Gasteiger partial charge in [0, 0.05) is 12.8 Å². The first kappa shape index (κ1) is 18.1. The molecule has 0 spiro atoms. The van der Waals surface area contributed by atoms with Crippen LogP contribution in [0, 0.1) is 0 Å². The first-order chi connectivity index (χ1) is 9.10. The van der Waals surface area contributed by atoms with Crippen molar-refractivity contribution in [2.45, 2.75) is 77.2 Å². The minimum atomic E-state index is -0.321. The van der Waals surface area contributed by atoms with Crippen LogP contribution in [0.3, 0.4) is 0 Å². The summed E-state index contributed by atoms with van der Waals surface area (Å²) in [5.41, 5.74) is 0. The van der Waals surface area contributed by atoms with Crippen LogP contribution in [0.4, 0.5) is 0 Å². The quantitative estimate of drug-likeness (QED) is 0.438. The van der Waals surface area contributed by atoms with Crippen molar-refractivity contribution in [3.63, 3.8) is 0 Å². The summed E-state index contributed by atoms with van der Waals surface area (Å²) in [5, 5.41) is 9.54. The molecule has 0 saturated carbocycles. The number of ether oxygens (including phenoxy) is 1. The van der Waals surface area contributed by atoms with Crippen molar-refractivity contribution in [2.24, 2.45) is 0 Å². The molecule has 0 bridgehead atoms. The number of carbonyl (C=O) groups excluding carboxylic acids is 2. The molecule has 112 valence electrons. The Morgan fingerprint density at radius 1 is 1.00 bits per heavy atom. The van der Waals surface area contributed by atoms with Gasteiger partial charge < -0.3 is 9.84 Å². The Morgan fingerprint density at radius 2 is 1.68 bits per heavy atom. The molecule has 1 N–H and O–H groups in total. The van der Waals surface area contributed by atoms with Crippen LogP contribution in [-0.4, -0.2) is 30.1 Å². The van der Waals surface area contributed by atoms with Gasteiger partial charge in [0.05, 0.1) is 19.6 Å². The molecule has 0 fully saturated rings. The second-order valence-electron chi connectivity index (χ2n) is 5.01. The van der Waals surface area contributed by atoms with Crippen molar-refractivity contribution in [3.05, 3.63) is 0 Å². The van der Waals surface area contributed by atoms with E-state index in [0.717, 1.165) is 44.9 Å². The van der Waals surface area contributed by atoms with E-state index in [4.69, 9.17) is 0 Å². The van der Waals surface area contributed by atoms with E-state index in [0.29, 0.717) is 12.8 Å². The zero-order chi connectivity index (χ0) is 14.5. The van der Waals surface area contributed by atoms with E-state index in [-0.39, 0.29) is 24.3 Å².